The third-order valence-electron chi connectivity index (χ3n) is 4.35. The van der Waals surface area contributed by atoms with Crippen LogP contribution in [0.3, 0.4) is 0 Å². The first-order chi connectivity index (χ1) is 13.4. The molecule has 0 saturated carbocycles. The number of carbonyl (C=O) groups excluding carboxylic acids is 1. The Bertz CT molecular complexity index is 713. The third-order valence-corrected chi connectivity index (χ3v) is 5.73. The minimum Gasteiger partial charge on any atom is -0.497 e. The molecule has 10 heteroatoms. The summed E-state index contributed by atoms with van der Waals surface area (Å²) in [5.74, 6) is 0.398. The summed E-state index contributed by atoms with van der Waals surface area (Å²) in [6.45, 7) is 4.44. The summed E-state index contributed by atoms with van der Waals surface area (Å²) < 4.78 is 42.2. The van der Waals surface area contributed by atoms with Gasteiger partial charge in [0.25, 0.3) is 5.91 Å². The zero-order chi connectivity index (χ0) is 20.4. The summed E-state index contributed by atoms with van der Waals surface area (Å²) >= 11 is 0. The van der Waals surface area contributed by atoms with Gasteiger partial charge in [-0.15, -0.1) is 0 Å². The first kappa shape index (κ1) is 22.4. The van der Waals surface area contributed by atoms with Crippen molar-refractivity contribution in [3.63, 3.8) is 0 Å². The molecule has 2 rings (SSSR count). The summed E-state index contributed by atoms with van der Waals surface area (Å²) in [6, 6.07) is 4.79. The van der Waals surface area contributed by atoms with E-state index in [0.29, 0.717) is 23.6 Å². The number of rotatable bonds is 11. The lowest BCUT2D eigenvalue weighted by Crippen LogP contribution is -2.39. The molecule has 0 radical (unpaired) electrons. The van der Waals surface area contributed by atoms with Crippen LogP contribution in [0.1, 0.15) is 16.8 Å². The number of sulfonamides is 1. The number of hydrogen-bond donors (Lipinski definition) is 2. The van der Waals surface area contributed by atoms with Crippen molar-refractivity contribution in [1.29, 1.82) is 0 Å². The average Bonchev–Trinajstić information content (AvgIpc) is 2.71. The Kier molecular flexibility index (Phi) is 8.97. The van der Waals surface area contributed by atoms with Crippen LogP contribution in [0.25, 0.3) is 0 Å². The quantitative estimate of drug-likeness (QED) is 0.493. The first-order valence-electron chi connectivity index (χ1n) is 9.22. The topological polar surface area (TPSA) is 106 Å². The average molecular weight is 416 g/mol. The minimum atomic E-state index is -3.45. The molecule has 0 bridgehead atoms. The monoisotopic (exact) mass is 415 g/mol. The number of ether oxygens (including phenoxy) is 3. The maximum Gasteiger partial charge on any atom is 0.251 e. The number of benzene rings is 1. The Morgan fingerprint density at radius 2 is 1.75 bits per heavy atom. The van der Waals surface area contributed by atoms with Gasteiger partial charge >= 0.3 is 0 Å². The smallest absolute Gasteiger partial charge is 0.251 e. The fraction of sp³-hybridized carbons (Fsp3) is 0.611. The van der Waals surface area contributed by atoms with E-state index in [1.807, 2.05) is 0 Å². The van der Waals surface area contributed by atoms with Crippen molar-refractivity contribution in [2.45, 2.75) is 6.42 Å². The molecule has 1 amide bonds. The van der Waals surface area contributed by atoms with Crippen LogP contribution in [-0.2, 0) is 14.8 Å². The Hall–Kier alpha value is -1.88. The molecule has 1 fully saturated rings. The van der Waals surface area contributed by atoms with E-state index >= 15 is 0 Å². The second kappa shape index (κ2) is 11.2. The molecule has 0 aliphatic carbocycles. The summed E-state index contributed by atoms with van der Waals surface area (Å²) in [5.41, 5.74) is 0.340. The zero-order valence-corrected chi connectivity index (χ0v) is 17.2. The number of nitrogens with zero attached hydrogens (tertiary/aromatic N) is 1. The van der Waals surface area contributed by atoms with Crippen LogP contribution in [0, 0.1) is 0 Å². The summed E-state index contributed by atoms with van der Waals surface area (Å²) in [5, 5.41) is 2.61. The molecule has 0 unspecified atom stereocenters. The van der Waals surface area contributed by atoms with Crippen LogP contribution < -0.4 is 19.5 Å². The normalized spacial score (nSPS) is 15.2. The van der Waals surface area contributed by atoms with Gasteiger partial charge < -0.3 is 19.5 Å². The lowest BCUT2D eigenvalue weighted by atomic mass is 10.2. The van der Waals surface area contributed by atoms with Crippen molar-refractivity contribution < 1.29 is 27.4 Å². The van der Waals surface area contributed by atoms with E-state index in [-0.39, 0.29) is 18.2 Å². The van der Waals surface area contributed by atoms with Crippen LogP contribution in [0.4, 0.5) is 0 Å². The van der Waals surface area contributed by atoms with Crippen LogP contribution >= 0.6 is 0 Å². The second-order valence-electron chi connectivity index (χ2n) is 6.38. The number of nitrogens with one attached hydrogen (secondary N) is 2. The second-order valence-corrected chi connectivity index (χ2v) is 8.30. The van der Waals surface area contributed by atoms with Crippen LogP contribution in [0.15, 0.2) is 18.2 Å². The number of hydrogen-bond acceptors (Lipinski definition) is 7. The molecule has 1 heterocycles. The summed E-state index contributed by atoms with van der Waals surface area (Å²) in [4.78, 5) is 14.5. The highest BCUT2D eigenvalue weighted by Crippen LogP contribution is 2.22. The van der Waals surface area contributed by atoms with E-state index in [2.05, 4.69) is 14.9 Å². The van der Waals surface area contributed by atoms with Gasteiger partial charge in [-0.05, 0) is 25.1 Å². The Balaban J connectivity index is 1.71. The van der Waals surface area contributed by atoms with Crippen molar-refractivity contribution in [3.8, 4) is 11.5 Å². The summed E-state index contributed by atoms with van der Waals surface area (Å²) in [6.07, 6.45) is 0.731. The third kappa shape index (κ3) is 7.63. The Morgan fingerprint density at radius 1 is 1.11 bits per heavy atom. The van der Waals surface area contributed by atoms with E-state index in [0.717, 1.165) is 39.3 Å². The van der Waals surface area contributed by atoms with Gasteiger partial charge in [0.1, 0.15) is 11.5 Å². The molecular weight excluding hydrogens is 386 g/mol. The van der Waals surface area contributed by atoms with E-state index in [1.165, 1.54) is 14.2 Å². The minimum absolute atomic E-state index is 0.0111. The van der Waals surface area contributed by atoms with E-state index in [1.54, 1.807) is 18.2 Å². The van der Waals surface area contributed by atoms with Crippen LogP contribution in [-0.4, -0.2) is 85.1 Å². The Morgan fingerprint density at radius 3 is 2.36 bits per heavy atom. The molecule has 0 aromatic heterocycles. The van der Waals surface area contributed by atoms with E-state index in [4.69, 9.17) is 14.2 Å². The fourth-order valence-corrected chi connectivity index (χ4v) is 3.74. The van der Waals surface area contributed by atoms with E-state index < -0.39 is 10.0 Å². The largest absolute Gasteiger partial charge is 0.497 e. The molecule has 1 aromatic carbocycles. The zero-order valence-electron chi connectivity index (χ0n) is 16.4. The number of morpholine rings is 1. The molecule has 1 aliphatic heterocycles. The SMILES string of the molecule is COc1cc(OC)cc(C(=O)NCCS(=O)(=O)NCCCN2CCOCC2)c1. The predicted octanol–water partition coefficient (Wildman–Crippen LogP) is 0.0753. The number of amides is 1. The van der Waals surface area contributed by atoms with Crippen molar-refractivity contribution in [1.82, 2.24) is 14.9 Å². The van der Waals surface area contributed by atoms with Gasteiger partial charge in [-0.2, -0.15) is 0 Å². The molecular formula is C18H29N3O6S. The van der Waals surface area contributed by atoms with Gasteiger partial charge in [0.2, 0.25) is 10.0 Å². The Labute approximate surface area is 166 Å². The maximum absolute atomic E-state index is 12.2. The van der Waals surface area contributed by atoms with E-state index in [9.17, 15) is 13.2 Å². The van der Waals surface area contributed by atoms with Gasteiger partial charge in [0, 0.05) is 37.8 Å². The predicted molar refractivity (Wildman–Crippen MR) is 106 cm³/mol. The standard InChI is InChI=1S/C18H29N3O6S/c1-25-16-12-15(13-17(14-16)26-2)18(22)19-5-11-28(23,24)20-4-3-6-21-7-9-27-10-8-21/h12-14,20H,3-11H2,1-2H3,(H,19,22). The molecule has 1 saturated heterocycles. The van der Waals surface area contributed by atoms with Crippen molar-refractivity contribution in [3.05, 3.63) is 23.8 Å². The highest BCUT2D eigenvalue weighted by Gasteiger charge is 2.14. The highest BCUT2D eigenvalue weighted by atomic mass is 32.2. The molecule has 1 aliphatic rings. The van der Waals surface area contributed by atoms with Crippen molar-refractivity contribution in [2.24, 2.45) is 0 Å². The molecule has 1 aromatic rings. The number of methoxy groups -OCH3 is 2. The molecule has 0 atom stereocenters. The molecule has 9 nitrogen and oxygen atoms in total. The van der Waals surface area contributed by atoms with Crippen LogP contribution in [0.5, 0.6) is 11.5 Å². The van der Waals surface area contributed by atoms with Gasteiger partial charge in [-0.25, -0.2) is 13.1 Å². The van der Waals surface area contributed by atoms with Crippen molar-refractivity contribution in [2.75, 3.05) is 65.9 Å². The van der Waals surface area contributed by atoms with Gasteiger partial charge in [0.05, 0.1) is 33.2 Å². The number of carbonyl (C=O) groups is 1. The summed E-state index contributed by atoms with van der Waals surface area (Å²) in [7, 11) is -0.458. The lowest BCUT2D eigenvalue weighted by Gasteiger charge is -2.26. The fourth-order valence-electron chi connectivity index (χ4n) is 2.77. The highest BCUT2D eigenvalue weighted by molar-refractivity contribution is 7.89. The van der Waals surface area contributed by atoms with Gasteiger partial charge in [0.15, 0.2) is 0 Å². The van der Waals surface area contributed by atoms with Crippen molar-refractivity contribution >= 4 is 15.9 Å². The first-order valence-corrected chi connectivity index (χ1v) is 10.9. The van der Waals surface area contributed by atoms with Gasteiger partial charge in [-0.3, -0.25) is 9.69 Å². The van der Waals surface area contributed by atoms with Crippen LogP contribution in [0.2, 0.25) is 0 Å². The van der Waals surface area contributed by atoms with Gasteiger partial charge in [-0.1, -0.05) is 0 Å². The maximum atomic E-state index is 12.2. The molecule has 28 heavy (non-hydrogen) atoms. The molecule has 0 spiro atoms. The molecule has 2 N–H and O–H groups in total. The lowest BCUT2D eigenvalue weighted by molar-refractivity contribution is 0.0376. The molecule has 158 valence electrons.